The van der Waals surface area contributed by atoms with E-state index in [1.54, 1.807) is 0 Å². The van der Waals surface area contributed by atoms with Gasteiger partial charge < -0.3 is 0 Å². The fourth-order valence-corrected chi connectivity index (χ4v) is 1.79. The van der Waals surface area contributed by atoms with Crippen LogP contribution in [0.3, 0.4) is 0 Å². The van der Waals surface area contributed by atoms with Crippen molar-refractivity contribution in [1.82, 2.24) is 9.55 Å². The highest BCUT2D eigenvalue weighted by atomic mass is 35.5. The minimum absolute atomic E-state index is 0.0418. The van der Waals surface area contributed by atoms with Gasteiger partial charge in [-0.05, 0) is 12.8 Å². The summed E-state index contributed by atoms with van der Waals surface area (Å²) in [5.74, 6) is 0.460. The average Bonchev–Trinajstić information content (AvgIpc) is 2.96. The Morgan fingerprint density at radius 3 is 2.65 bits per heavy atom. The molecule has 1 fully saturated rings. The summed E-state index contributed by atoms with van der Waals surface area (Å²) in [6.45, 7) is -0.391. The predicted molar refractivity (Wildman–Crippen MR) is 56.2 cm³/mol. The highest BCUT2D eigenvalue weighted by molar-refractivity contribution is 6.29. The van der Waals surface area contributed by atoms with Crippen molar-refractivity contribution in [3.63, 3.8) is 0 Å². The Hall–Kier alpha value is -1.04. The normalized spacial score (nSPS) is 16.2. The van der Waals surface area contributed by atoms with E-state index in [2.05, 4.69) is 4.98 Å². The van der Waals surface area contributed by atoms with E-state index in [-0.39, 0.29) is 11.1 Å². The fourth-order valence-electron chi connectivity index (χ4n) is 1.61. The molecule has 1 aliphatic carbocycles. The first-order valence-electron chi connectivity index (χ1n) is 5.21. The third-order valence-corrected chi connectivity index (χ3v) is 2.76. The second-order valence-corrected chi connectivity index (χ2v) is 4.45. The van der Waals surface area contributed by atoms with E-state index in [9.17, 15) is 18.0 Å². The maximum absolute atomic E-state index is 12.1. The number of aromatic nitrogens is 2. The SMILES string of the molecule is O=c1cc(Cl)nc(C2CC2)n1CCC(F)(F)F. The van der Waals surface area contributed by atoms with Gasteiger partial charge in [-0.2, -0.15) is 13.2 Å². The summed E-state index contributed by atoms with van der Waals surface area (Å²) >= 11 is 5.64. The first-order valence-corrected chi connectivity index (χ1v) is 5.58. The molecule has 0 radical (unpaired) electrons. The summed E-state index contributed by atoms with van der Waals surface area (Å²) in [5, 5.41) is 0.0418. The molecule has 7 heteroatoms. The molecule has 0 aliphatic heterocycles. The molecular formula is C10H10ClF3N2O. The smallest absolute Gasteiger partial charge is 0.296 e. The molecule has 0 N–H and O–H groups in total. The zero-order valence-corrected chi connectivity index (χ0v) is 9.55. The number of hydrogen-bond acceptors (Lipinski definition) is 2. The van der Waals surface area contributed by atoms with Gasteiger partial charge in [-0.3, -0.25) is 9.36 Å². The molecular weight excluding hydrogens is 257 g/mol. The highest BCUT2D eigenvalue weighted by Crippen LogP contribution is 2.39. The van der Waals surface area contributed by atoms with Crippen molar-refractivity contribution in [2.45, 2.75) is 37.9 Å². The van der Waals surface area contributed by atoms with Gasteiger partial charge in [-0.1, -0.05) is 11.6 Å². The van der Waals surface area contributed by atoms with Crippen molar-refractivity contribution in [3.05, 3.63) is 27.4 Å². The standard InChI is InChI=1S/C10H10ClF3N2O/c11-7-5-8(17)16(4-3-10(12,13)14)9(15-7)6-1-2-6/h5-6H,1-4H2. The summed E-state index contributed by atoms with van der Waals surface area (Å²) in [4.78, 5) is 15.5. The Morgan fingerprint density at radius 1 is 1.47 bits per heavy atom. The zero-order chi connectivity index (χ0) is 12.6. The number of halogens is 4. The monoisotopic (exact) mass is 266 g/mol. The number of nitrogens with zero attached hydrogens (tertiary/aromatic N) is 2. The van der Waals surface area contributed by atoms with E-state index in [1.165, 1.54) is 0 Å². The van der Waals surface area contributed by atoms with Gasteiger partial charge in [0.15, 0.2) is 0 Å². The highest BCUT2D eigenvalue weighted by Gasteiger charge is 2.31. The third-order valence-electron chi connectivity index (χ3n) is 2.57. The van der Waals surface area contributed by atoms with Crippen LogP contribution in [0.1, 0.15) is 31.0 Å². The fraction of sp³-hybridized carbons (Fsp3) is 0.600. The third kappa shape index (κ3) is 3.21. The molecule has 3 nitrogen and oxygen atoms in total. The Morgan fingerprint density at radius 2 is 2.12 bits per heavy atom. The molecule has 94 valence electrons. The Kier molecular flexibility index (Phi) is 3.16. The van der Waals surface area contributed by atoms with Crippen LogP contribution in [0.25, 0.3) is 0 Å². The predicted octanol–water partition coefficient (Wildman–Crippen LogP) is 2.73. The lowest BCUT2D eigenvalue weighted by Crippen LogP contribution is -2.26. The van der Waals surface area contributed by atoms with E-state index < -0.39 is 24.7 Å². The van der Waals surface area contributed by atoms with E-state index in [0.717, 1.165) is 23.5 Å². The maximum Gasteiger partial charge on any atom is 0.390 e. The average molecular weight is 267 g/mol. The van der Waals surface area contributed by atoms with Crippen LogP contribution in [-0.2, 0) is 6.54 Å². The largest absolute Gasteiger partial charge is 0.390 e. The minimum Gasteiger partial charge on any atom is -0.296 e. The van der Waals surface area contributed by atoms with E-state index in [1.807, 2.05) is 0 Å². The summed E-state index contributed by atoms with van der Waals surface area (Å²) in [6, 6.07) is 1.05. The second kappa shape index (κ2) is 4.33. The van der Waals surface area contributed by atoms with Crippen molar-refractivity contribution in [2.24, 2.45) is 0 Å². The molecule has 0 amide bonds. The van der Waals surface area contributed by atoms with Crippen molar-refractivity contribution < 1.29 is 13.2 Å². The summed E-state index contributed by atoms with van der Waals surface area (Å²) in [5.41, 5.74) is -0.517. The lowest BCUT2D eigenvalue weighted by Gasteiger charge is -2.12. The Balaban J connectivity index is 2.28. The molecule has 1 heterocycles. The van der Waals surface area contributed by atoms with Crippen molar-refractivity contribution >= 4 is 11.6 Å². The van der Waals surface area contributed by atoms with Crippen LogP contribution in [0.5, 0.6) is 0 Å². The van der Waals surface area contributed by atoms with Gasteiger partial charge in [0.05, 0.1) is 6.42 Å². The number of rotatable bonds is 3. The molecule has 0 atom stereocenters. The molecule has 0 spiro atoms. The lowest BCUT2D eigenvalue weighted by molar-refractivity contribution is -0.136. The molecule has 2 rings (SSSR count). The first kappa shape index (κ1) is 12.4. The Labute approximate surface area is 100 Å². The van der Waals surface area contributed by atoms with Gasteiger partial charge in [0.1, 0.15) is 11.0 Å². The lowest BCUT2D eigenvalue weighted by atomic mass is 10.3. The van der Waals surface area contributed by atoms with Crippen LogP contribution in [-0.4, -0.2) is 15.7 Å². The van der Waals surface area contributed by atoms with Crippen LogP contribution >= 0.6 is 11.6 Å². The molecule has 1 aromatic heterocycles. The van der Waals surface area contributed by atoms with E-state index in [4.69, 9.17) is 11.6 Å². The van der Waals surface area contributed by atoms with Crippen LogP contribution in [0.15, 0.2) is 10.9 Å². The molecule has 0 unspecified atom stereocenters. The van der Waals surface area contributed by atoms with Gasteiger partial charge in [0.25, 0.3) is 5.56 Å². The molecule has 1 aromatic rings. The molecule has 17 heavy (non-hydrogen) atoms. The van der Waals surface area contributed by atoms with Gasteiger partial charge in [0, 0.05) is 18.5 Å². The first-order chi connectivity index (χ1) is 7.87. The summed E-state index contributed by atoms with van der Waals surface area (Å²) in [6.07, 6.45) is -3.62. The van der Waals surface area contributed by atoms with Crippen molar-refractivity contribution in [1.29, 1.82) is 0 Å². The minimum atomic E-state index is -4.28. The second-order valence-electron chi connectivity index (χ2n) is 4.07. The summed E-state index contributed by atoms with van der Waals surface area (Å²) < 4.78 is 37.5. The molecule has 1 saturated carbocycles. The van der Waals surface area contributed by atoms with Crippen LogP contribution in [0.2, 0.25) is 5.15 Å². The van der Waals surface area contributed by atoms with E-state index in [0.29, 0.717) is 5.82 Å². The molecule has 0 saturated heterocycles. The van der Waals surface area contributed by atoms with Gasteiger partial charge in [-0.15, -0.1) is 0 Å². The zero-order valence-electron chi connectivity index (χ0n) is 8.80. The van der Waals surface area contributed by atoms with Gasteiger partial charge >= 0.3 is 6.18 Å². The molecule has 1 aliphatic rings. The summed E-state index contributed by atoms with van der Waals surface area (Å²) in [7, 11) is 0. The van der Waals surface area contributed by atoms with Crippen molar-refractivity contribution in [2.75, 3.05) is 0 Å². The van der Waals surface area contributed by atoms with Crippen LogP contribution in [0.4, 0.5) is 13.2 Å². The molecule has 0 bridgehead atoms. The maximum atomic E-state index is 12.1. The Bertz CT molecular complexity index is 479. The van der Waals surface area contributed by atoms with Gasteiger partial charge in [-0.25, -0.2) is 4.98 Å². The quantitative estimate of drug-likeness (QED) is 0.789. The number of alkyl halides is 3. The van der Waals surface area contributed by atoms with Crippen LogP contribution < -0.4 is 5.56 Å². The molecule has 0 aromatic carbocycles. The number of hydrogen-bond donors (Lipinski definition) is 0. The van der Waals surface area contributed by atoms with Crippen LogP contribution in [0, 0.1) is 0 Å². The van der Waals surface area contributed by atoms with Gasteiger partial charge in [0.2, 0.25) is 0 Å². The van der Waals surface area contributed by atoms with Crippen molar-refractivity contribution in [3.8, 4) is 0 Å². The topological polar surface area (TPSA) is 34.9 Å². The van der Waals surface area contributed by atoms with E-state index >= 15 is 0 Å².